The molecule has 4 unspecified atom stereocenters. The molecule has 3 N–H and O–H groups in total. The van der Waals surface area contributed by atoms with Crippen LogP contribution in [0.25, 0.3) is 0 Å². The molecular formula is C34H41N3O3. The van der Waals surface area contributed by atoms with Crippen molar-refractivity contribution in [2.75, 3.05) is 4.90 Å². The fraction of sp³-hybridized carbons (Fsp3) is 0.412. The molecule has 0 radical (unpaired) electrons. The zero-order chi connectivity index (χ0) is 28.1. The third kappa shape index (κ3) is 6.62. The van der Waals surface area contributed by atoms with Gasteiger partial charge in [-0.15, -0.1) is 0 Å². The number of benzene rings is 3. The van der Waals surface area contributed by atoms with Crippen LogP contribution in [0.15, 0.2) is 83.9 Å². The fourth-order valence-corrected chi connectivity index (χ4v) is 5.68. The Bertz CT molecular complexity index is 1320. The highest BCUT2D eigenvalue weighted by atomic mass is 16.5. The Morgan fingerprint density at radius 3 is 2.52 bits per heavy atom. The van der Waals surface area contributed by atoms with Gasteiger partial charge in [0.2, 0.25) is 0 Å². The van der Waals surface area contributed by atoms with Gasteiger partial charge in [-0.25, -0.2) is 0 Å². The Morgan fingerprint density at radius 2 is 1.77 bits per heavy atom. The summed E-state index contributed by atoms with van der Waals surface area (Å²) in [4.78, 5) is 21.2. The summed E-state index contributed by atoms with van der Waals surface area (Å²) in [6.45, 7) is 4.55. The number of fused-ring (bicyclic) bond motifs is 1. The molecule has 210 valence electrons. The predicted molar refractivity (Wildman–Crippen MR) is 161 cm³/mol. The molecule has 4 atom stereocenters. The van der Waals surface area contributed by atoms with Crippen LogP contribution < -0.4 is 15.4 Å². The minimum absolute atomic E-state index is 0.0404. The molecule has 0 aromatic heterocycles. The molecule has 0 saturated heterocycles. The van der Waals surface area contributed by atoms with E-state index in [1.807, 2.05) is 85.8 Å². The van der Waals surface area contributed by atoms with Crippen LogP contribution in [0.5, 0.6) is 11.5 Å². The Morgan fingerprint density at radius 1 is 1.05 bits per heavy atom. The topological polar surface area (TPSA) is 88.1 Å². The lowest BCUT2D eigenvalue weighted by Crippen LogP contribution is -2.54. The number of carbonyl (C=O) groups excluding carboxylic acids is 1. The summed E-state index contributed by atoms with van der Waals surface area (Å²) < 4.78 is 6.08. The molecule has 40 heavy (non-hydrogen) atoms. The maximum atomic E-state index is 14.2. The number of aliphatic hydroxyl groups is 1. The van der Waals surface area contributed by atoms with Crippen molar-refractivity contribution >= 4 is 17.2 Å². The van der Waals surface area contributed by atoms with Crippen molar-refractivity contribution in [3.05, 3.63) is 90.0 Å². The van der Waals surface area contributed by atoms with E-state index in [1.165, 1.54) is 0 Å². The molecular weight excluding hydrogens is 498 g/mol. The molecule has 2 aliphatic rings. The highest BCUT2D eigenvalue weighted by molar-refractivity contribution is 6.06. The molecule has 6 heteroatoms. The van der Waals surface area contributed by atoms with E-state index in [-0.39, 0.29) is 5.78 Å². The van der Waals surface area contributed by atoms with Crippen molar-refractivity contribution in [1.29, 1.82) is 0 Å². The van der Waals surface area contributed by atoms with Crippen molar-refractivity contribution < 1.29 is 14.6 Å². The number of para-hydroxylation sites is 2. The van der Waals surface area contributed by atoms with E-state index in [2.05, 4.69) is 11.8 Å². The molecule has 0 bridgehead atoms. The summed E-state index contributed by atoms with van der Waals surface area (Å²) in [5, 5.41) is 11.1. The number of unbranched alkanes of at least 4 members (excludes halogenated alkanes) is 1. The van der Waals surface area contributed by atoms with Gasteiger partial charge in [0.15, 0.2) is 5.78 Å². The van der Waals surface area contributed by atoms with Gasteiger partial charge in [-0.05, 0) is 61.6 Å². The molecule has 0 spiro atoms. The predicted octanol–water partition coefficient (Wildman–Crippen LogP) is 6.50. The van der Waals surface area contributed by atoms with Gasteiger partial charge in [0.05, 0.1) is 6.10 Å². The smallest absolute Gasteiger partial charge is 0.166 e. The first-order chi connectivity index (χ1) is 19.4. The van der Waals surface area contributed by atoms with E-state index in [9.17, 15) is 9.90 Å². The van der Waals surface area contributed by atoms with Crippen LogP contribution in [-0.4, -0.2) is 34.9 Å². The summed E-state index contributed by atoms with van der Waals surface area (Å²) >= 11 is 0. The number of ether oxygens (including phenoxy) is 1. The number of hydrogen-bond donors (Lipinski definition) is 2. The third-order valence-electron chi connectivity index (χ3n) is 8.11. The first-order valence-corrected chi connectivity index (χ1v) is 14.6. The van der Waals surface area contributed by atoms with Gasteiger partial charge in [-0.2, -0.15) is 0 Å². The number of carbonyl (C=O) groups is 1. The van der Waals surface area contributed by atoms with Crippen molar-refractivity contribution in [2.45, 2.75) is 77.2 Å². The largest absolute Gasteiger partial charge is 0.457 e. The average molecular weight is 540 g/mol. The molecule has 3 aromatic rings. The van der Waals surface area contributed by atoms with Crippen molar-refractivity contribution in [2.24, 2.45) is 22.6 Å². The Labute approximate surface area is 237 Å². The zero-order valence-corrected chi connectivity index (χ0v) is 23.6. The van der Waals surface area contributed by atoms with Gasteiger partial charge in [0, 0.05) is 29.4 Å². The molecule has 5 rings (SSSR count). The van der Waals surface area contributed by atoms with Crippen molar-refractivity contribution in [1.82, 2.24) is 0 Å². The van der Waals surface area contributed by atoms with Gasteiger partial charge < -0.3 is 20.5 Å². The quantitative estimate of drug-likeness (QED) is 0.274. The zero-order valence-electron chi connectivity index (χ0n) is 23.6. The summed E-state index contributed by atoms with van der Waals surface area (Å²) in [6, 6.07) is 25.0. The molecule has 1 fully saturated rings. The number of Topliss-reactive ketones (excluding diaryl/α,β-unsaturated/α-hetero) is 1. The number of benzodiazepines with no additional fused rings is 1. The normalized spacial score (nSPS) is 20.2. The highest BCUT2D eigenvalue weighted by Crippen LogP contribution is 2.39. The monoisotopic (exact) mass is 539 g/mol. The number of anilines is 1. The van der Waals surface area contributed by atoms with Gasteiger partial charge in [0.1, 0.15) is 23.7 Å². The van der Waals surface area contributed by atoms with Gasteiger partial charge in [-0.1, -0.05) is 81.1 Å². The molecule has 6 nitrogen and oxygen atoms in total. The first kappa shape index (κ1) is 28.1. The molecule has 3 aromatic carbocycles. The first-order valence-electron chi connectivity index (χ1n) is 14.6. The average Bonchev–Trinajstić information content (AvgIpc) is 3.81. The fourth-order valence-electron chi connectivity index (χ4n) is 5.68. The van der Waals surface area contributed by atoms with E-state index in [1.54, 1.807) is 0 Å². The SMILES string of the molecule is CCCCC(O)C(CC1CC1)C(=O)C1N=C(C)c2ccccc2N(Cc2cccc(Oc3ccccc3)c2)C1N. The second-order valence-corrected chi connectivity index (χ2v) is 11.3. The highest BCUT2D eigenvalue weighted by Gasteiger charge is 2.41. The van der Waals surface area contributed by atoms with Crippen LogP contribution in [0.4, 0.5) is 5.69 Å². The lowest BCUT2D eigenvalue weighted by molar-refractivity contribution is -0.128. The molecule has 1 aliphatic carbocycles. The lowest BCUT2D eigenvalue weighted by atomic mass is 9.85. The van der Waals surface area contributed by atoms with E-state index in [4.69, 9.17) is 15.5 Å². The summed E-state index contributed by atoms with van der Waals surface area (Å²) in [6.07, 6.45) is 4.14. The maximum absolute atomic E-state index is 14.2. The number of aliphatic imine (C=N–C) groups is 1. The summed E-state index contributed by atoms with van der Waals surface area (Å²) in [5.41, 5.74) is 10.7. The Hall–Kier alpha value is -3.48. The maximum Gasteiger partial charge on any atom is 0.166 e. The lowest BCUT2D eigenvalue weighted by Gasteiger charge is -2.35. The van der Waals surface area contributed by atoms with Crippen LogP contribution in [0, 0.1) is 11.8 Å². The van der Waals surface area contributed by atoms with E-state index < -0.39 is 24.2 Å². The molecule has 0 amide bonds. The van der Waals surface area contributed by atoms with Crippen LogP contribution in [0.3, 0.4) is 0 Å². The summed E-state index contributed by atoms with van der Waals surface area (Å²) in [7, 11) is 0. The van der Waals surface area contributed by atoms with Gasteiger partial charge in [0.25, 0.3) is 0 Å². The van der Waals surface area contributed by atoms with Crippen molar-refractivity contribution in [3.8, 4) is 11.5 Å². The number of nitrogens with two attached hydrogens (primary N) is 1. The number of aliphatic hydroxyl groups excluding tert-OH is 1. The minimum Gasteiger partial charge on any atom is -0.457 e. The van der Waals surface area contributed by atoms with Gasteiger partial charge in [-0.3, -0.25) is 9.79 Å². The second-order valence-electron chi connectivity index (χ2n) is 11.3. The Balaban J connectivity index is 1.45. The minimum atomic E-state index is -0.767. The number of rotatable bonds is 12. The molecule has 1 aliphatic heterocycles. The Kier molecular flexibility index (Phi) is 8.98. The van der Waals surface area contributed by atoms with Crippen LogP contribution in [0.2, 0.25) is 0 Å². The van der Waals surface area contributed by atoms with Gasteiger partial charge >= 0.3 is 0 Å². The van der Waals surface area contributed by atoms with E-state index in [0.29, 0.717) is 25.3 Å². The summed E-state index contributed by atoms with van der Waals surface area (Å²) in [5.74, 6) is 1.54. The van der Waals surface area contributed by atoms with Crippen molar-refractivity contribution in [3.63, 3.8) is 0 Å². The molecule has 1 heterocycles. The second kappa shape index (κ2) is 12.8. The number of hydrogen-bond acceptors (Lipinski definition) is 6. The van der Waals surface area contributed by atoms with Crippen LogP contribution in [0.1, 0.15) is 63.5 Å². The number of ketones is 1. The van der Waals surface area contributed by atoms with Crippen LogP contribution in [-0.2, 0) is 11.3 Å². The standard InChI is InChI=1S/C34H41N3O3/c1-3-4-17-31(38)29(21-24-18-19-24)33(39)32-34(35)37(30-16-9-8-15-28(30)23(2)36-32)22-25-11-10-14-27(20-25)40-26-12-6-5-7-13-26/h5-16,20,24,29,31-32,34,38H,3-4,17-19,21-22,35H2,1-2H3. The van der Waals surface area contributed by atoms with E-state index in [0.717, 1.165) is 59.7 Å². The third-order valence-corrected chi connectivity index (χ3v) is 8.11. The number of nitrogens with zero attached hydrogens (tertiary/aromatic N) is 2. The molecule has 1 saturated carbocycles. The van der Waals surface area contributed by atoms with E-state index >= 15 is 0 Å². The van der Waals surface area contributed by atoms with Crippen LogP contribution >= 0.6 is 0 Å².